The lowest BCUT2D eigenvalue weighted by Gasteiger charge is -2.33. The van der Waals surface area contributed by atoms with Gasteiger partial charge < -0.3 is 14.4 Å². The molecule has 1 aromatic heterocycles. The van der Waals surface area contributed by atoms with Crippen molar-refractivity contribution in [2.24, 2.45) is 0 Å². The molecular weight excluding hydrogens is 362 g/mol. The van der Waals surface area contributed by atoms with Crippen LogP contribution in [0.4, 0.5) is 5.69 Å². The third-order valence-corrected chi connectivity index (χ3v) is 5.87. The quantitative estimate of drug-likeness (QED) is 0.763. The minimum absolute atomic E-state index is 0.0119. The molecule has 0 spiro atoms. The fourth-order valence-corrected chi connectivity index (χ4v) is 4.35. The van der Waals surface area contributed by atoms with Crippen LogP contribution in [0.1, 0.15) is 18.4 Å². The molecule has 1 fully saturated rings. The zero-order valence-corrected chi connectivity index (χ0v) is 16.5. The Balaban J connectivity index is 1.54. The molecule has 0 N–H and O–H groups in total. The van der Waals surface area contributed by atoms with Crippen molar-refractivity contribution in [1.82, 2.24) is 9.88 Å². The summed E-state index contributed by atoms with van der Waals surface area (Å²) in [5.74, 6) is 0.780. The van der Waals surface area contributed by atoms with Crippen molar-refractivity contribution < 1.29 is 14.3 Å². The molecular formula is C20H25N3O3S. The monoisotopic (exact) mass is 387 g/mol. The van der Waals surface area contributed by atoms with Crippen LogP contribution in [0.3, 0.4) is 0 Å². The van der Waals surface area contributed by atoms with Gasteiger partial charge in [0.2, 0.25) is 0 Å². The third-order valence-electron chi connectivity index (χ3n) is 4.96. The van der Waals surface area contributed by atoms with Crippen LogP contribution in [0.2, 0.25) is 0 Å². The molecule has 6 nitrogen and oxygen atoms in total. The highest BCUT2D eigenvalue weighted by Crippen LogP contribution is 2.36. The number of amides is 1. The Hall–Kier alpha value is -1.96. The second kappa shape index (κ2) is 8.37. The molecule has 0 unspecified atom stereocenters. The van der Waals surface area contributed by atoms with Gasteiger partial charge in [-0.3, -0.25) is 9.69 Å². The fourth-order valence-electron chi connectivity index (χ4n) is 3.44. The summed E-state index contributed by atoms with van der Waals surface area (Å²) in [6, 6.07) is 6.02. The minimum Gasteiger partial charge on any atom is -0.482 e. The van der Waals surface area contributed by atoms with Gasteiger partial charge in [0.05, 0.1) is 29.6 Å². The van der Waals surface area contributed by atoms with Crippen molar-refractivity contribution in [3.05, 3.63) is 28.6 Å². The molecule has 0 atom stereocenters. The number of fused-ring (bicyclic) bond motifs is 1. The Morgan fingerprint density at radius 1 is 1.22 bits per heavy atom. The van der Waals surface area contributed by atoms with Crippen LogP contribution < -0.4 is 9.64 Å². The molecule has 0 bridgehead atoms. The van der Waals surface area contributed by atoms with Gasteiger partial charge in [0, 0.05) is 37.1 Å². The first kappa shape index (κ1) is 18.4. The number of aromatic nitrogens is 1. The number of rotatable bonds is 6. The van der Waals surface area contributed by atoms with E-state index in [4.69, 9.17) is 14.5 Å². The van der Waals surface area contributed by atoms with E-state index in [1.807, 2.05) is 23.1 Å². The first-order chi connectivity index (χ1) is 13.2. The Morgan fingerprint density at radius 3 is 2.89 bits per heavy atom. The smallest absolute Gasteiger partial charge is 0.265 e. The fraction of sp³-hybridized carbons (Fsp3) is 0.500. The van der Waals surface area contributed by atoms with Crippen molar-refractivity contribution in [3.8, 4) is 17.0 Å². The first-order valence-electron chi connectivity index (χ1n) is 9.56. The van der Waals surface area contributed by atoms with E-state index in [0.717, 1.165) is 73.4 Å². The van der Waals surface area contributed by atoms with Crippen molar-refractivity contribution in [3.63, 3.8) is 0 Å². The van der Waals surface area contributed by atoms with Crippen LogP contribution in [0, 0.1) is 0 Å². The van der Waals surface area contributed by atoms with Crippen molar-refractivity contribution in [2.45, 2.75) is 19.8 Å². The average Bonchev–Trinajstić information content (AvgIpc) is 3.16. The number of anilines is 1. The summed E-state index contributed by atoms with van der Waals surface area (Å²) in [7, 11) is 0. The van der Waals surface area contributed by atoms with Gasteiger partial charge in [0.1, 0.15) is 5.75 Å². The Morgan fingerprint density at radius 2 is 2.07 bits per heavy atom. The number of ether oxygens (including phenoxy) is 2. The standard InChI is InChI=1S/C20H25N3O3S/c1-2-3-19-21-16(14-27-19)15-4-5-18-17(12-15)23(20(24)13-26-18)7-6-22-8-10-25-11-9-22/h4-5,12,14H,2-3,6-11,13H2,1H3. The van der Waals surface area contributed by atoms with E-state index in [2.05, 4.69) is 17.2 Å². The third kappa shape index (κ3) is 4.15. The maximum atomic E-state index is 12.5. The van der Waals surface area contributed by atoms with Gasteiger partial charge in [-0.15, -0.1) is 11.3 Å². The van der Waals surface area contributed by atoms with E-state index in [1.54, 1.807) is 11.3 Å². The van der Waals surface area contributed by atoms with Crippen molar-refractivity contribution >= 4 is 22.9 Å². The summed E-state index contributed by atoms with van der Waals surface area (Å²) >= 11 is 1.70. The predicted molar refractivity (Wildman–Crippen MR) is 107 cm³/mol. The van der Waals surface area contributed by atoms with E-state index in [0.29, 0.717) is 6.54 Å². The Labute approximate surface area is 163 Å². The number of aryl methyl sites for hydroxylation is 1. The molecule has 0 radical (unpaired) electrons. The molecule has 2 aliphatic rings. The lowest BCUT2D eigenvalue weighted by atomic mass is 10.1. The molecule has 2 aromatic rings. The molecule has 144 valence electrons. The number of nitrogens with zero attached hydrogens (tertiary/aromatic N) is 3. The second-order valence-corrected chi connectivity index (χ2v) is 7.79. The SMILES string of the molecule is CCCc1nc(-c2ccc3c(c2)N(CCN2CCOCC2)C(=O)CO3)cs1. The molecule has 1 saturated heterocycles. The summed E-state index contributed by atoms with van der Waals surface area (Å²) in [6.45, 7) is 7.15. The van der Waals surface area contributed by atoms with E-state index >= 15 is 0 Å². The van der Waals surface area contributed by atoms with Gasteiger partial charge >= 0.3 is 0 Å². The van der Waals surface area contributed by atoms with Crippen LogP contribution in [-0.2, 0) is 16.0 Å². The van der Waals surface area contributed by atoms with Gasteiger partial charge in [-0.2, -0.15) is 0 Å². The minimum atomic E-state index is 0.0119. The first-order valence-corrected chi connectivity index (χ1v) is 10.4. The summed E-state index contributed by atoms with van der Waals surface area (Å²) in [6.07, 6.45) is 2.09. The largest absolute Gasteiger partial charge is 0.482 e. The van der Waals surface area contributed by atoms with Gasteiger partial charge in [-0.1, -0.05) is 6.92 Å². The molecule has 1 aromatic carbocycles. The molecule has 0 aliphatic carbocycles. The summed E-state index contributed by atoms with van der Waals surface area (Å²) < 4.78 is 11.1. The van der Waals surface area contributed by atoms with Crippen LogP contribution in [0.5, 0.6) is 5.75 Å². The van der Waals surface area contributed by atoms with E-state index in [-0.39, 0.29) is 12.5 Å². The summed E-state index contributed by atoms with van der Waals surface area (Å²) in [4.78, 5) is 21.4. The summed E-state index contributed by atoms with van der Waals surface area (Å²) in [5.41, 5.74) is 2.85. The number of morpholine rings is 1. The number of thiazole rings is 1. The van der Waals surface area contributed by atoms with Crippen molar-refractivity contribution in [1.29, 1.82) is 0 Å². The van der Waals surface area contributed by atoms with Gasteiger partial charge in [-0.05, 0) is 31.0 Å². The average molecular weight is 388 g/mol. The van der Waals surface area contributed by atoms with E-state index in [1.165, 1.54) is 0 Å². The highest BCUT2D eigenvalue weighted by molar-refractivity contribution is 7.09. The van der Waals surface area contributed by atoms with E-state index in [9.17, 15) is 4.79 Å². The van der Waals surface area contributed by atoms with Crippen LogP contribution in [0.25, 0.3) is 11.3 Å². The molecule has 2 aliphatic heterocycles. The number of carbonyl (C=O) groups is 1. The number of carbonyl (C=O) groups excluding carboxylic acids is 1. The topological polar surface area (TPSA) is 54.9 Å². The number of benzene rings is 1. The van der Waals surface area contributed by atoms with Gasteiger partial charge in [-0.25, -0.2) is 4.98 Å². The maximum absolute atomic E-state index is 12.5. The number of hydrogen-bond acceptors (Lipinski definition) is 6. The highest BCUT2D eigenvalue weighted by Gasteiger charge is 2.26. The van der Waals surface area contributed by atoms with Crippen LogP contribution in [0.15, 0.2) is 23.6 Å². The zero-order valence-electron chi connectivity index (χ0n) is 15.6. The second-order valence-electron chi connectivity index (χ2n) is 6.85. The molecule has 0 saturated carbocycles. The van der Waals surface area contributed by atoms with Gasteiger partial charge in [0.25, 0.3) is 5.91 Å². The summed E-state index contributed by atoms with van der Waals surface area (Å²) in [5, 5.41) is 3.25. The van der Waals surface area contributed by atoms with Gasteiger partial charge in [0.15, 0.2) is 6.61 Å². The molecule has 3 heterocycles. The lowest BCUT2D eigenvalue weighted by Crippen LogP contribution is -2.45. The molecule has 27 heavy (non-hydrogen) atoms. The molecule has 4 rings (SSSR count). The van der Waals surface area contributed by atoms with Crippen LogP contribution in [-0.4, -0.2) is 61.8 Å². The predicted octanol–water partition coefficient (Wildman–Crippen LogP) is 2.82. The number of hydrogen-bond donors (Lipinski definition) is 0. The van der Waals surface area contributed by atoms with Crippen molar-refractivity contribution in [2.75, 3.05) is 50.9 Å². The Kier molecular flexibility index (Phi) is 5.71. The normalized spacial score (nSPS) is 17.7. The molecule has 7 heteroatoms. The van der Waals surface area contributed by atoms with E-state index < -0.39 is 0 Å². The molecule has 1 amide bonds. The Bertz CT molecular complexity index is 802. The maximum Gasteiger partial charge on any atom is 0.265 e. The lowest BCUT2D eigenvalue weighted by molar-refractivity contribution is -0.121. The zero-order chi connectivity index (χ0) is 18.6. The highest BCUT2D eigenvalue weighted by atomic mass is 32.1. The van der Waals surface area contributed by atoms with Crippen LogP contribution >= 0.6 is 11.3 Å².